The molecule has 0 saturated carbocycles. The highest BCUT2D eigenvalue weighted by molar-refractivity contribution is 7.86. The number of hydrogen-bond acceptors (Lipinski definition) is 7. The van der Waals surface area contributed by atoms with E-state index in [2.05, 4.69) is 10.3 Å². The predicted molar refractivity (Wildman–Crippen MR) is 51.7 cm³/mol. The molecule has 0 unspecified atom stereocenters. The normalized spacial score (nSPS) is 10.9. The molecule has 16 heavy (non-hydrogen) atoms. The Morgan fingerprint density at radius 2 is 2.12 bits per heavy atom. The Morgan fingerprint density at radius 3 is 2.56 bits per heavy atom. The van der Waals surface area contributed by atoms with Gasteiger partial charge in [-0.2, -0.15) is 8.42 Å². The maximum absolute atomic E-state index is 10.9. The van der Waals surface area contributed by atoms with Crippen LogP contribution >= 0.6 is 0 Å². The molecule has 0 atom stereocenters. The van der Waals surface area contributed by atoms with Gasteiger partial charge >= 0.3 is 0 Å². The van der Waals surface area contributed by atoms with Crippen LogP contribution in [0, 0.1) is 10.1 Å². The summed E-state index contributed by atoms with van der Waals surface area (Å²) in [5.74, 6) is 4.41. The first-order valence-corrected chi connectivity index (χ1v) is 5.19. The molecule has 0 bridgehead atoms. The van der Waals surface area contributed by atoms with E-state index < -0.39 is 25.8 Å². The first-order chi connectivity index (χ1) is 7.34. The molecule has 1 aromatic rings. The molecule has 4 N–H and O–H groups in total. The smallest absolute Gasteiger partial charge is 0.299 e. The van der Waals surface area contributed by atoms with E-state index in [0.29, 0.717) is 0 Å². The maximum atomic E-state index is 10.9. The summed E-state index contributed by atoms with van der Waals surface area (Å²) >= 11 is 0. The van der Waals surface area contributed by atoms with Gasteiger partial charge in [0, 0.05) is 0 Å². The summed E-state index contributed by atoms with van der Waals surface area (Å²) in [6.07, 6.45) is 0. The third-order valence-electron chi connectivity index (χ3n) is 1.56. The fourth-order valence-corrected chi connectivity index (χ4v) is 1.59. The van der Waals surface area contributed by atoms with Crippen LogP contribution in [0.5, 0.6) is 5.75 Å². The zero-order valence-corrected chi connectivity index (χ0v) is 8.47. The lowest BCUT2D eigenvalue weighted by atomic mass is 10.3. The van der Waals surface area contributed by atoms with Crippen molar-refractivity contribution >= 4 is 15.8 Å². The molecule has 1 rings (SSSR count). The Bertz CT molecular complexity index is 513. The van der Waals surface area contributed by atoms with Gasteiger partial charge < -0.3 is 5.43 Å². The second kappa shape index (κ2) is 4.30. The number of benzene rings is 1. The zero-order valence-electron chi connectivity index (χ0n) is 7.65. The minimum Gasteiger partial charge on any atom is -0.324 e. The Hall–Kier alpha value is -1.91. The minimum absolute atomic E-state index is 0.142. The molecular formula is C6H7N3O6S. The van der Waals surface area contributed by atoms with Crippen molar-refractivity contribution in [3.63, 3.8) is 0 Å². The van der Waals surface area contributed by atoms with Crippen molar-refractivity contribution < 1.29 is 22.9 Å². The number of nitrogen functional groups attached to an aromatic ring is 1. The maximum Gasteiger partial charge on any atom is 0.299 e. The van der Waals surface area contributed by atoms with Gasteiger partial charge in [-0.15, -0.1) is 10.1 Å². The van der Waals surface area contributed by atoms with Crippen LogP contribution in [-0.4, -0.2) is 18.1 Å². The summed E-state index contributed by atoms with van der Waals surface area (Å²) in [4.78, 5) is 13.3. The number of hydrazine groups is 1. The largest absolute Gasteiger partial charge is 0.324 e. The lowest BCUT2D eigenvalue weighted by molar-refractivity contribution is -0.711. The second-order valence-electron chi connectivity index (χ2n) is 2.60. The third-order valence-corrected chi connectivity index (χ3v) is 2.44. The molecule has 10 heteroatoms. The van der Waals surface area contributed by atoms with Gasteiger partial charge in [0.2, 0.25) is 0 Å². The van der Waals surface area contributed by atoms with Gasteiger partial charge in [0.05, 0.1) is 5.69 Å². The van der Waals surface area contributed by atoms with Crippen LogP contribution in [0.25, 0.3) is 0 Å². The molecule has 0 aliphatic carbocycles. The zero-order chi connectivity index (χ0) is 12.3. The lowest BCUT2D eigenvalue weighted by Crippen LogP contribution is -2.11. The Balaban J connectivity index is 3.33. The van der Waals surface area contributed by atoms with Gasteiger partial charge in [-0.1, -0.05) is 0 Å². The van der Waals surface area contributed by atoms with Gasteiger partial charge in [0.15, 0.2) is 0 Å². The average Bonchev–Trinajstić information content (AvgIpc) is 2.15. The van der Waals surface area contributed by atoms with Crippen molar-refractivity contribution in [2.75, 3.05) is 5.43 Å². The van der Waals surface area contributed by atoms with Gasteiger partial charge in [-0.05, 0) is 18.2 Å². The number of nitrogens with two attached hydrogens (primary N) is 1. The summed E-state index contributed by atoms with van der Waals surface area (Å²) < 4.78 is 30.6. The molecule has 0 aliphatic heterocycles. The first-order valence-electron chi connectivity index (χ1n) is 3.75. The molecule has 0 saturated heterocycles. The second-order valence-corrected chi connectivity index (χ2v) is 3.99. The van der Waals surface area contributed by atoms with E-state index in [1.807, 2.05) is 0 Å². The monoisotopic (exact) mass is 249 g/mol. The minimum atomic E-state index is -4.64. The third kappa shape index (κ3) is 2.79. The molecule has 0 heterocycles. The SMILES string of the molecule is NNc1ccc(O[N+](=O)[O-])c(S(=O)(=O)O)c1. The van der Waals surface area contributed by atoms with Crippen LogP contribution in [0.4, 0.5) is 5.69 Å². The molecule has 0 spiro atoms. The highest BCUT2D eigenvalue weighted by Gasteiger charge is 2.18. The highest BCUT2D eigenvalue weighted by Crippen LogP contribution is 2.26. The number of nitrogens with one attached hydrogen (secondary N) is 1. The van der Waals surface area contributed by atoms with Crippen LogP contribution in [0.3, 0.4) is 0 Å². The van der Waals surface area contributed by atoms with Gasteiger partial charge in [0.1, 0.15) is 10.6 Å². The van der Waals surface area contributed by atoms with Crippen molar-refractivity contribution in [2.45, 2.75) is 4.90 Å². The summed E-state index contributed by atoms with van der Waals surface area (Å²) in [6, 6.07) is 3.13. The summed E-state index contributed by atoms with van der Waals surface area (Å²) in [5, 5.41) is 8.87. The number of nitrogens with zero attached hydrogens (tertiary/aromatic N) is 1. The van der Waals surface area contributed by atoms with Crippen molar-refractivity contribution in [3.8, 4) is 5.75 Å². The number of hydrogen-bond donors (Lipinski definition) is 3. The molecular weight excluding hydrogens is 242 g/mol. The van der Waals surface area contributed by atoms with Gasteiger partial charge in [-0.3, -0.25) is 15.2 Å². The highest BCUT2D eigenvalue weighted by atomic mass is 32.2. The summed E-state index contributed by atoms with van der Waals surface area (Å²) in [7, 11) is -4.64. The lowest BCUT2D eigenvalue weighted by Gasteiger charge is -2.07. The fraction of sp³-hybridized carbons (Fsp3) is 0. The Labute approximate surface area is 89.6 Å². The molecule has 0 aliphatic rings. The van der Waals surface area contributed by atoms with Crippen molar-refractivity contribution in [3.05, 3.63) is 28.3 Å². The van der Waals surface area contributed by atoms with Crippen LogP contribution in [0.15, 0.2) is 23.1 Å². The van der Waals surface area contributed by atoms with Crippen LogP contribution in [0.1, 0.15) is 0 Å². The number of anilines is 1. The molecule has 0 radical (unpaired) electrons. The topological polar surface area (TPSA) is 145 Å². The van der Waals surface area contributed by atoms with Gasteiger partial charge in [0.25, 0.3) is 15.2 Å². The van der Waals surface area contributed by atoms with E-state index in [9.17, 15) is 18.5 Å². The molecule has 0 aromatic heterocycles. The van der Waals surface area contributed by atoms with E-state index in [-0.39, 0.29) is 5.69 Å². The van der Waals surface area contributed by atoms with E-state index in [4.69, 9.17) is 10.4 Å². The van der Waals surface area contributed by atoms with E-state index in [1.54, 1.807) is 0 Å². The summed E-state index contributed by atoms with van der Waals surface area (Å²) in [6.45, 7) is 0. The van der Waals surface area contributed by atoms with E-state index in [1.165, 1.54) is 6.07 Å². The molecule has 0 amide bonds. The van der Waals surface area contributed by atoms with Crippen LogP contribution in [0.2, 0.25) is 0 Å². The molecule has 9 nitrogen and oxygen atoms in total. The Kier molecular flexibility index (Phi) is 3.27. The molecule has 1 aromatic carbocycles. The fourth-order valence-electron chi connectivity index (χ4n) is 0.955. The van der Waals surface area contributed by atoms with Crippen LogP contribution < -0.4 is 16.1 Å². The van der Waals surface area contributed by atoms with E-state index >= 15 is 0 Å². The summed E-state index contributed by atoms with van der Waals surface area (Å²) in [5.41, 5.74) is 2.26. The average molecular weight is 249 g/mol. The Morgan fingerprint density at radius 1 is 1.50 bits per heavy atom. The van der Waals surface area contributed by atoms with Crippen molar-refractivity contribution in [1.29, 1.82) is 0 Å². The molecule has 88 valence electrons. The first kappa shape index (κ1) is 12.2. The van der Waals surface area contributed by atoms with E-state index in [0.717, 1.165) is 12.1 Å². The van der Waals surface area contributed by atoms with Crippen molar-refractivity contribution in [2.24, 2.45) is 5.84 Å². The quantitative estimate of drug-likeness (QED) is 0.287. The van der Waals surface area contributed by atoms with Crippen LogP contribution in [-0.2, 0) is 10.1 Å². The van der Waals surface area contributed by atoms with Gasteiger partial charge in [-0.25, -0.2) is 0 Å². The number of rotatable bonds is 4. The predicted octanol–water partition coefficient (Wildman–Crippen LogP) is -0.211. The standard InChI is InChI=1S/C6H7N3O6S/c7-8-4-1-2-5(15-9(10)11)6(3-4)16(12,13)14/h1-3,8H,7H2,(H,12,13,14). The van der Waals surface area contributed by atoms with Crippen molar-refractivity contribution in [1.82, 2.24) is 0 Å². The molecule has 0 fully saturated rings.